The third kappa shape index (κ3) is 3.97. The van der Waals surface area contributed by atoms with Crippen LogP contribution in [0.5, 0.6) is 11.5 Å². The highest BCUT2D eigenvalue weighted by Gasteiger charge is 2.60. The van der Waals surface area contributed by atoms with Gasteiger partial charge in [-0.2, -0.15) is 0 Å². The molecule has 0 spiro atoms. The predicted octanol–water partition coefficient (Wildman–Crippen LogP) is 3.21. The number of carboxylic acid groups (broad SMARTS) is 1. The molecule has 0 aliphatic carbocycles. The number of epoxide rings is 1. The number of anilines is 1. The molecule has 3 aliphatic rings. The number of benzene rings is 2. The minimum atomic E-state index is -0.950. The topological polar surface area (TPSA) is 91.8 Å². The van der Waals surface area contributed by atoms with Crippen molar-refractivity contribution in [2.75, 3.05) is 31.7 Å². The van der Waals surface area contributed by atoms with E-state index >= 15 is 0 Å². The zero-order valence-corrected chi connectivity index (χ0v) is 18.3. The standard InChI is InChI=1S/C24H25FN2O6/c1-31-16-4-2-15(3-5-16)12-27-21(28)9-6-17-19(8-7-18(25)22(17)27)32-14-24-10-11-26(23(29)30)13-20(24)33-24/h2-5,7-8,20H,6,9-14H2,1H3,(H,29,30)/t20-,24-/m0/s1. The molecule has 2 amide bonds. The third-order valence-electron chi connectivity index (χ3n) is 6.69. The minimum Gasteiger partial charge on any atom is -0.497 e. The number of hydrogen-bond donors (Lipinski definition) is 1. The van der Waals surface area contributed by atoms with Crippen molar-refractivity contribution < 1.29 is 33.3 Å². The molecular formula is C24H25FN2O6. The van der Waals surface area contributed by atoms with Crippen LogP contribution in [-0.2, 0) is 22.5 Å². The van der Waals surface area contributed by atoms with Crippen LogP contribution in [-0.4, -0.2) is 60.5 Å². The van der Waals surface area contributed by atoms with Gasteiger partial charge in [0.05, 0.1) is 25.9 Å². The Labute approximate surface area is 190 Å². The smallest absolute Gasteiger partial charge is 0.407 e. The summed E-state index contributed by atoms with van der Waals surface area (Å²) in [6.45, 7) is 1.22. The number of ether oxygens (including phenoxy) is 3. The molecule has 8 nitrogen and oxygen atoms in total. The average molecular weight is 456 g/mol. The Kier molecular flexibility index (Phi) is 5.36. The van der Waals surface area contributed by atoms with E-state index in [1.165, 1.54) is 15.9 Å². The molecule has 5 rings (SSSR count). The maximum absolute atomic E-state index is 14.9. The number of hydrogen-bond acceptors (Lipinski definition) is 5. The lowest BCUT2D eigenvalue weighted by Gasteiger charge is -2.31. The van der Waals surface area contributed by atoms with Gasteiger partial charge in [0.15, 0.2) is 0 Å². The van der Waals surface area contributed by atoms with Crippen molar-refractivity contribution in [2.45, 2.75) is 37.5 Å². The summed E-state index contributed by atoms with van der Waals surface area (Å²) in [5.74, 6) is 0.634. The fourth-order valence-corrected chi connectivity index (χ4v) is 4.69. The first-order valence-electron chi connectivity index (χ1n) is 10.9. The lowest BCUT2D eigenvalue weighted by Crippen LogP contribution is -2.44. The quantitative estimate of drug-likeness (QED) is 0.672. The summed E-state index contributed by atoms with van der Waals surface area (Å²) in [5, 5.41) is 9.17. The summed E-state index contributed by atoms with van der Waals surface area (Å²) < 4.78 is 32.0. The van der Waals surface area contributed by atoms with Gasteiger partial charge in [0.2, 0.25) is 5.91 Å². The van der Waals surface area contributed by atoms with Crippen molar-refractivity contribution >= 4 is 17.7 Å². The molecule has 3 heterocycles. The molecule has 0 saturated carbocycles. The largest absolute Gasteiger partial charge is 0.497 e. The predicted molar refractivity (Wildman–Crippen MR) is 116 cm³/mol. The summed E-state index contributed by atoms with van der Waals surface area (Å²) in [5.41, 5.74) is 1.28. The Morgan fingerprint density at radius 2 is 2.03 bits per heavy atom. The van der Waals surface area contributed by atoms with E-state index in [2.05, 4.69) is 0 Å². The van der Waals surface area contributed by atoms with E-state index in [4.69, 9.17) is 19.3 Å². The van der Waals surface area contributed by atoms with Crippen molar-refractivity contribution in [3.63, 3.8) is 0 Å². The van der Waals surface area contributed by atoms with Gasteiger partial charge in [-0.15, -0.1) is 0 Å². The van der Waals surface area contributed by atoms with Gasteiger partial charge < -0.3 is 29.1 Å². The summed E-state index contributed by atoms with van der Waals surface area (Å²) in [4.78, 5) is 26.7. The van der Waals surface area contributed by atoms with E-state index in [0.717, 1.165) is 5.56 Å². The first kappa shape index (κ1) is 21.5. The third-order valence-corrected chi connectivity index (χ3v) is 6.69. The fourth-order valence-electron chi connectivity index (χ4n) is 4.69. The molecule has 174 valence electrons. The Bertz CT molecular complexity index is 1090. The molecule has 2 aromatic rings. The summed E-state index contributed by atoms with van der Waals surface area (Å²) in [6.07, 6.45) is 0.0711. The SMILES string of the molecule is COc1ccc(CN2C(=O)CCc3c(OC[C@@]45CCN(C(=O)O)C[C@@H]4O5)ccc(F)c32)cc1. The van der Waals surface area contributed by atoms with Gasteiger partial charge in [-0.1, -0.05) is 12.1 Å². The number of piperidine rings is 1. The van der Waals surface area contributed by atoms with Gasteiger partial charge in [0, 0.05) is 24.9 Å². The normalized spacial score (nSPS) is 23.6. The zero-order chi connectivity index (χ0) is 23.2. The summed E-state index contributed by atoms with van der Waals surface area (Å²) in [6, 6.07) is 10.2. The molecule has 33 heavy (non-hydrogen) atoms. The second kappa shape index (κ2) is 8.22. The number of nitrogens with zero attached hydrogens (tertiary/aromatic N) is 2. The van der Waals surface area contributed by atoms with Gasteiger partial charge in [0.1, 0.15) is 35.6 Å². The van der Waals surface area contributed by atoms with E-state index < -0.39 is 17.5 Å². The molecule has 2 atom stereocenters. The molecule has 0 aromatic heterocycles. The molecule has 0 unspecified atom stereocenters. The van der Waals surface area contributed by atoms with E-state index in [1.807, 2.05) is 24.3 Å². The van der Waals surface area contributed by atoms with Gasteiger partial charge in [-0.25, -0.2) is 9.18 Å². The van der Waals surface area contributed by atoms with Crippen LogP contribution in [0.2, 0.25) is 0 Å². The highest BCUT2D eigenvalue weighted by Crippen LogP contribution is 2.45. The first-order valence-corrected chi connectivity index (χ1v) is 10.9. The van der Waals surface area contributed by atoms with Crippen LogP contribution in [0.25, 0.3) is 0 Å². The van der Waals surface area contributed by atoms with Crippen molar-refractivity contribution in [2.24, 2.45) is 0 Å². The second-order valence-electron chi connectivity index (χ2n) is 8.64. The van der Waals surface area contributed by atoms with Crippen LogP contribution in [0, 0.1) is 5.82 Å². The number of likely N-dealkylation sites (tertiary alicyclic amines) is 1. The molecule has 1 N–H and O–H groups in total. The second-order valence-corrected chi connectivity index (χ2v) is 8.64. The van der Waals surface area contributed by atoms with E-state index in [0.29, 0.717) is 43.0 Å². The molecule has 9 heteroatoms. The maximum atomic E-state index is 14.9. The number of rotatable bonds is 6. The van der Waals surface area contributed by atoms with Crippen LogP contribution in [0.3, 0.4) is 0 Å². The van der Waals surface area contributed by atoms with E-state index in [1.54, 1.807) is 13.2 Å². The number of carbonyl (C=O) groups excluding carboxylic acids is 1. The average Bonchev–Trinajstić information content (AvgIpc) is 3.54. The van der Waals surface area contributed by atoms with Gasteiger partial charge >= 0.3 is 6.09 Å². The molecule has 2 fully saturated rings. The Hall–Kier alpha value is -3.33. The number of fused-ring (bicyclic) bond motifs is 2. The summed E-state index contributed by atoms with van der Waals surface area (Å²) >= 11 is 0. The number of amides is 2. The van der Waals surface area contributed by atoms with Gasteiger partial charge in [-0.3, -0.25) is 4.79 Å². The Morgan fingerprint density at radius 3 is 2.73 bits per heavy atom. The van der Waals surface area contributed by atoms with Crippen molar-refractivity contribution in [1.29, 1.82) is 0 Å². The van der Waals surface area contributed by atoms with Crippen LogP contribution in [0.1, 0.15) is 24.0 Å². The highest BCUT2D eigenvalue weighted by atomic mass is 19.1. The monoisotopic (exact) mass is 456 g/mol. The van der Waals surface area contributed by atoms with Crippen molar-refractivity contribution in [1.82, 2.24) is 4.90 Å². The van der Waals surface area contributed by atoms with Crippen LogP contribution >= 0.6 is 0 Å². The van der Waals surface area contributed by atoms with Crippen molar-refractivity contribution in [3.05, 3.63) is 53.3 Å². The molecular weight excluding hydrogens is 431 g/mol. The molecule has 2 saturated heterocycles. The van der Waals surface area contributed by atoms with Crippen LogP contribution < -0.4 is 14.4 Å². The lowest BCUT2D eigenvalue weighted by molar-refractivity contribution is -0.119. The fraction of sp³-hybridized carbons (Fsp3) is 0.417. The number of halogens is 1. The first-order chi connectivity index (χ1) is 15.9. The van der Waals surface area contributed by atoms with Crippen molar-refractivity contribution in [3.8, 4) is 11.5 Å². The lowest BCUT2D eigenvalue weighted by atomic mass is 9.97. The van der Waals surface area contributed by atoms with Gasteiger partial charge in [-0.05, 0) is 36.2 Å². The Balaban J connectivity index is 1.34. The van der Waals surface area contributed by atoms with E-state index in [9.17, 15) is 14.0 Å². The summed E-state index contributed by atoms with van der Waals surface area (Å²) in [7, 11) is 1.58. The molecule has 0 radical (unpaired) electrons. The highest BCUT2D eigenvalue weighted by molar-refractivity contribution is 5.97. The van der Waals surface area contributed by atoms with Crippen LogP contribution in [0.15, 0.2) is 36.4 Å². The number of carbonyl (C=O) groups is 2. The zero-order valence-electron chi connectivity index (χ0n) is 18.3. The molecule has 0 bridgehead atoms. The maximum Gasteiger partial charge on any atom is 0.407 e. The van der Waals surface area contributed by atoms with Crippen LogP contribution in [0.4, 0.5) is 14.9 Å². The van der Waals surface area contributed by atoms with E-state index in [-0.39, 0.29) is 37.3 Å². The minimum absolute atomic E-state index is 0.139. The molecule has 2 aromatic carbocycles. The van der Waals surface area contributed by atoms with Gasteiger partial charge in [0.25, 0.3) is 0 Å². The molecule has 3 aliphatic heterocycles. The number of methoxy groups -OCH3 is 1. The Morgan fingerprint density at radius 1 is 1.24 bits per heavy atom.